The second kappa shape index (κ2) is 6.05. The van der Waals surface area contributed by atoms with Crippen LogP contribution in [-0.4, -0.2) is 10.1 Å². The van der Waals surface area contributed by atoms with E-state index in [-0.39, 0.29) is 5.12 Å². The highest BCUT2D eigenvalue weighted by atomic mass is 32.1. The minimum absolute atomic E-state index is 0.254. The summed E-state index contributed by atoms with van der Waals surface area (Å²) in [4.78, 5) is 15.7. The van der Waals surface area contributed by atoms with Crippen LogP contribution in [0.25, 0.3) is 10.9 Å². The highest BCUT2D eigenvalue weighted by Crippen LogP contribution is 2.14. The predicted octanol–water partition coefficient (Wildman–Crippen LogP) is 4.01. The predicted molar refractivity (Wildman–Crippen MR) is 92.2 cm³/mol. The quantitative estimate of drug-likeness (QED) is 0.544. The molecule has 0 radical (unpaired) electrons. The summed E-state index contributed by atoms with van der Waals surface area (Å²) in [7, 11) is 0. The fourth-order valence-corrected chi connectivity index (χ4v) is 2.31. The van der Waals surface area contributed by atoms with Crippen LogP contribution in [0.1, 0.15) is 27.0 Å². The van der Waals surface area contributed by atoms with Crippen molar-refractivity contribution in [3.63, 3.8) is 0 Å². The summed E-state index contributed by atoms with van der Waals surface area (Å²) in [5.74, 6) is 6.22. The van der Waals surface area contributed by atoms with Gasteiger partial charge in [0.15, 0.2) is 0 Å². The van der Waals surface area contributed by atoms with Crippen molar-refractivity contribution in [3.05, 3.63) is 77.0 Å². The molecule has 2 nitrogen and oxygen atoms in total. The number of aromatic nitrogens is 1. The van der Waals surface area contributed by atoms with Crippen LogP contribution in [0.5, 0.6) is 0 Å². The average Bonchev–Trinajstić information content (AvgIpc) is 2.53. The minimum Gasteiger partial charge on any atom is -0.282 e. The Labute approximate surface area is 134 Å². The number of aryl methyl sites for hydroxylation is 1. The number of pyridine rings is 1. The Morgan fingerprint density at radius 2 is 1.91 bits per heavy atom. The van der Waals surface area contributed by atoms with Crippen LogP contribution in [0.2, 0.25) is 0 Å². The Hall–Kier alpha value is -2.57. The van der Waals surface area contributed by atoms with E-state index in [2.05, 4.69) is 29.5 Å². The molecule has 22 heavy (non-hydrogen) atoms. The summed E-state index contributed by atoms with van der Waals surface area (Å²) in [5, 5.41) is 0.806. The molecule has 0 amide bonds. The standard InChI is InChI=1S/C19H13NOS/c1-13-6-8-17(19(21)22)11-15(13)9-7-14-10-16-4-2-3-5-18(16)20-12-14/h2-6,8,10-12H,1H3,(H,21,22). The molecule has 0 N–H and O–H groups in total. The van der Waals surface area contributed by atoms with Crippen LogP contribution in [0.15, 0.2) is 54.7 Å². The Balaban J connectivity index is 2.00. The molecule has 0 bridgehead atoms. The zero-order chi connectivity index (χ0) is 15.5. The number of rotatable bonds is 1. The monoisotopic (exact) mass is 303 g/mol. The van der Waals surface area contributed by atoms with E-state index in [4.69, 9.17) is 0 Å². The second-order valence-corrected chi connectivity index (χ2v) is 5.41. The van der Waals surface area contributed by atoms with E-state index in [1.165, 1.54) is 0 Å². The van der Waals surface area contributed by atoms with E-state index in [0.29, 0.717) is 5.56 Å². The fraction of sp³-hybridized carbons (Fsp3) is 0.0526. The molecule has 0 aliphatic rings. The minimum atomic E-state index is -0.254. The van der Waals surface area contributed by atoms with Gasteiger partial charge >= 0.3 is 0 Å². The van der Waals surface area contributed by atoms with Gasteiger partial charge in [-0.1, -0.05) is 42.2 Å². The molecule has 1 aromatic heterocycles. The van der Waals surface area contributed by atoms with Crippen LogP contribution in [0, 0.1) is 18.8 Å². The third kappa shape index (κ3) is 3.03. The van der Waals surface area contributed by atoms with E-state index in [1.807, 2.05) is 43.3 Å². The van der Waals surface area contributed by atoms with Gasteiger partial charge in [0.2, 0.25) is 5.12 Å². The van der Waals surface area contributed by atoms with Gasteiger partial charge < -0.3 is 0 Å². The van der Waals surface area contributed by atoms with Crippen molar-refractivity contribution in [2.75, 3.05) is 0 Å². The van der Waals surface area contributed by atoms with E-state index < -0.39 is 0 Å². The number of carbonyl (C=O) groups is 1. The molecule has 1 heterocycles. The molecule has 0 unspecified atom stereocenters. The van der Waals surface area contributed by atoms with Crippen LogP contribution < -0.4 is 0 Å². The lowest BCUT2D eigenvalue weighted by Crippen LogP contribution is -1.92. The SMILES string of the molecule is Cc1ccc(C(=O)S)cc1C#Cc1cnc2ccccc2c1. The first-order chi connectivity index (χ1) is 10.6. The molecule has 0 aliphatic heterocycles. The Bertz CT molecular complexity index is 935. The summed E-state index contributed by atoms with van der Waals surface area (Å²) in [6.45, 7) is 1.97. The van der Waals surface area contributed by atoms with Gasteiger partial charge in [0.25, 0.3) is 0 Å². The van der Waals surface area contributed by atoms with Crippen molar-refractivity contribution >= 4 is 28.6 Å². The van der Waals surface area contributed by atoms with Crippen molar-refractivity contribution in [1.82, 2.24) is 4.98 Å². The molecule has 0 saturated heterocycles. The summed E-state index contributed by atoms with van der Waals surface area (Å²) in [5.41, 5.74) is 4.20. The molecular formula is C19H13NOS. The summed E-state index contributed by atoms with van der Waals surface area (Å²) < 4.78 is 0. The van der Waals surface area contributed by atoms with Crippen molar-refractivity contribution < 1.29 is 4.79 Å². The van der Waals surface area contributed by atoms with Gasteiger partial charge in [0.05, 0.1) is 5.52 Å². The highest BCUT2D eigenvalue weighted by molar-refractivity contribution is 7.97. The van der Waals surface area contributed by atoms with Gasteiger partial charge in [0, 0.05) is 28.3 Å². The third-order valence-corrected chi connectivity index (χ3v) is 3.67. The zero-order valence-electron chi connectivity index (χ0n) is 12.0. The molecule has 3 aromatic rings. The normalized spacial score (nSPS) is 10.1. The molecule has 106 valence electrons. The highest BCUT2D eigenvalue weighted by Gasteiger charge is 2.03. The number of hydrogen-bond donors (Lipinski definition) is 1. The van der Waals surface area contributed by atoms with Crippen LogP contribution >= 0.6 is 12.6 Å². The van der Waals surface area contributed by atoms with Gasteiger partial charge in [0.1, 0.15) is 0 Å². The number of thiol groups is 1. The molecule has 0 spiro atoms. The van der Waals surface area contributed by atoms with Crippen molar-refractivity contribution in [2.45, 2.75) is 6.92 Å². The molecule has 0 saturated carbocycles. The maximum absolute atomic E-state index is 11.3. The molecule has 2 aromatic carbocycles. The number of fused-ring (bicyclic) bond motifs is 1. The number of hydrogen-bond acceptors (Lipinski definition) is 2. The third-order valence-electron chi connectivity index (χ3n) is 3.42. The lowest BCUT2D eigenvalue weighted by atomic mass is 10.1. The molecule has 3 rings (SSSR count). The lowest BCUT2D eigenvalue weighted by Gasteiger charge is -2.00. The summed E-state index contributed by atoms with van der Waals surface area (Å²) in [6.07, 6.45) is 1.76. The van der Waals surface area contributed by atoms with Crippen molar-refractivity contribution in [1.29, 1.82) is 0 Å². The smallest absolute Gasteiger partial charge is 0.216 e. The molecule has 0 fully saturated rings. The first-order valence-electron chi connectivity index (χ1n) is 6.84. The maximum atomic E-state index is 11.3. The van der Waals surface area contributed by atoms with Crippen LogP contribution in [0.4, 0.5) is 0 Å². The van der Waals surface area contributed by atoms with Gasteiger partial charge in [-0.3, -0.25) is 9.78 Å². The number of benzene rings is 2. The summed E-state index contributed by atoms with van der Waals surface area (Å²) >= 11 is 3.85. The van der Waals surface area contributed by atoms with E-state index in [9.17, 15) is 4.79 Å². The van der Waals surface area contributed by atoms with Crippen LogP contribution in [0.3, 0.4) is 0 Å². The lowest BCUT2D eigenvalue weighted by molar-refractivity contribution is 0.109. The second-order valence-electron chi connectivity index (χ2n) is 5.00. The topological polar surface area (TPSA) is 30.0 Å². The number of para-hydroxylation sites is 1. The number of carbonyl (C=O) groups excluding carboxylic acids is 1. The molecular weight excluding hydrogens is 290 g/mol. The fourth-order valence-electron chi connectivity index (χ4n) is 2.17. The number of nitrogens with zero attached hydrogens (tertiary/aromatic N) is 1. The molecule has 0 atom stereocenters. The van der Waals surface area contributed by atoms with E-state index in [0.717, 1.165) is 27.6 Å². The van der Waals surface area contributed by atoms with Gasteiger partial charge in [-0.15, -0.1) is 12.6 Å². The van der Waals surface area contributed by atoms with Crippen LogP contribution in [-0.2, 0) is 0 Å². The van der Waals surface area contributed by atoms with Gasteiger partial charge in [-0.25, -0.2) is 0 Å². The van der Waals surface area contributed by atoms with Gasteiger partial charge in [-0.2, -0.15) is 0 Å². The molecule has 3 heteroatoms. The first kappa shape index (κ1) is 14.4. The zero-order valence-corrected chi connectivity index (χ0v) is 12.9. The van der Waals surface area contributed by atoms with Gasteiger partial charge in [-0.05, 0) is 30.7 Å². The first-order valence-corrected chi connectivity index (χ1v) is 7.29. The largest absolute Gasteiger partial charge is 0.282 e. The Morgan fingerprint density at radius 1 is 1.09 bits per heavy atom. The van der Waals surface area contributed by atoms with Crippen molar-refractivity contribution in [2.24, 2.45) is 0 Å². The summed E-state index contributed by atoms with van der Waals surface area (Å²) in [6, 6.07) is 15.3. The Morgan fingerprint density at radius 3 is 2.73 bits per heavy atom. The van der Waals surface area contributed by atoms with E-state index in [1.54, 1.807) is 18.3 Å². The average molecular weight is 303 g/mol. The maximum Gasteiger partial charge on any atom is 0.216 e. The molecule has 0 aliphatic carbocycles. The van der Waals surface area contributed by atoms with E-state index >= 15 is 0 Å². The Kier molecular flexibility index (Phi) is 3.95. The van der Waals surface area contributed by atoms with Crippen molar-refractivity contribution in [3.8, 4) is 11.8 Å².